The first kappa shape index (κ1) is 15.3. The summed E-state index contributed by atoms with van der Waals surface area (Å²) < 4.78 is 13.0. The lowest BCUT2D eigenvalue weighted by atomic mass is 10.2. The lowest BCUT2D eigenvalue weighted by Crippen LogP contribution is -2.36. The summed E-state index contributed by atoms with van der Waals surface area (Å²) in [5.41, 5.74) is 1.12. The normalized spacial score (nSPS) is 15.3. The SMILES string of the molecule is CN(C)CCN(Cc1ccc(F)cc1)C1=NCCCS1. The number of benzene rings is 1. The van der Waals surface area contributed by atoms with Crippen molar-refractivity contribution in [2.45, 2.75) is 13.0 Å². The Bertz CT molecular complexity index is 445. The van der Waals surface area contributed by atoms with Crippen LogP contribution in [-0.4, -0.2) is 54.4 Å². The zero-order valence-electron chi connectivity index (χ0n) is 12.2. The van der Waals surface area contributed by atoms with Crippen molar-refractivity contribution < 1.29 is 4.39 Å². The van der Waals surface area contributed by atoms with Crippen molar-refractivity contribution >= 4 is 16.9 Å². The topological polar surface area (TPSA) is 18.8 Å². The molecule has 0 radical (unpaired) electrons. The zero-order valence-corrected chi connectivity index (χ0v) is 13.0. The molecule has 0 aromatic heterocycles. The second-order valence-corrected chi connectivity index (χ2v) is 6.28. The third-order valence-electron chi connectivity index (χ3n) is 3.16. The molecule has 0 N–H and O–H groups in total. The summed E-state index contributed by atoms with van der Waals surface area (Å²) in [6.45, 7) is 3.64. The van der Waals surface area contributed by atoms with Crippen LogP contribution in [0.3, 0.4) is 0 Å². The van der Waals surface area contributed by atoms with Crippen LogP contribution >= 0.6 is 11.8 Å². The van der Waals surface area contributed by atoms with Gasteiger partial charge in [-0.15, -0.1) is 0 Å². The number of nitrogens with zero attached hydrogens (tertiary/aromatic N) is 3. The van der Waals surface area contributed by atoms with E-state index in [0.29, 0.717) is 0 Å². The number of hydrogen-bond acceptors (Lipinski definition) is 4. The third kappa shape index (κ3) is 4.80. The molecule has 0 fully saturated rings. The van der Waals surface area contributed by atoms with E-state index in [9.17, 15) is 4.39 Å². The van der Waals surface area contributed by atoms with Crippen molar-refractivity contribution in [2.24, 2.45) is 4.99 Å². The van der Waals surface area contributed by atoms with E-state index in [1.807, 2.05) is 23.9 Å². The maximum absolute atomic E-state index is 13.0. The summed E-state index contributed by atoms with van der Waals surface area (Å²) in [5.74, 6) is 0.957. The van der Waals surface area contributed by atoms with Gasteiger partial charge in [0.15, 0.2) is 5.17 Å². The molecule has 0 aliphatic carbocycles. The highest BCUT2D eigenvalue weighted by Gasteiger charge is 2.15. The molecule has 0 atom stereocenters. The van der Waals surface area contributed by atoms with Crippen LogP contribution in [0.15, 0.2) is 29.3 Å². The second kappa shape index (κ2) is 7.64. The largest absolute Gasteiger partial charge is 0.346 e. The highest BCUT2D eigenvalue weighted by molar-refractivity contribution is 8.13. The Balaban J connectivity index is 2.04. The van der Waals surface area contributed by atoms with Gasteiger partial charge in [-0.05, 0) is 38.2 Å². The smallest absolute Gasteiger partial charge is 0.159 e. The average molecular weight is 295 g/mol. The Morgan fingerprint density at radius 2 is 1.95 bits per heavy atom. The molecular formula is C15H22FN3S. The van der Waals surface area contributed by atoms with Crippen LogP contribution in [0.1, 0.15) is 12.0 Å². The minimum atomic E-state index is -0.182. The molecule has 1 aliphatic heterocycles. The Morgan fingerprint density at radius 3 is 2.55 bits per heavy atom. The van der Waals surface area contributed by atoms with Crippen molar-refractivity contribution in [1.82, 2.24) is 9.80 Å². The molecule has 5 heteroatoms. The molecule has 3 nitrogen and oxygen atoms in total. The first-order chi connectivity index (χ1) is 9.65. The first-order valence-electron chi connectivity index (χ1n) is 6.96. The van der Waals surface area contributed by atoms with E-state index in [2.05, 4.69) is 28.9 Å². The van der Waals surface area contributed by atoms with Gasteiger partial charge in [-0.25, -0.2) is 4.39 Å². The number of thioether (sulfide) groups is 1. The summed E-state index contributed by atoms with van der Waals surface area (Å²) in [6, 6.07) is 6.75. The van der Waals surface area contributed by atoms with Crippen LogP contribution < -0.4 is 0 Å². The number of amidine groups is 1. The van der Waals surface area contributed by atoms with E-state index in [4.69, 9.17) is 0 Å². The molecule has 1 aromatic carbocycles. The van der Waals surface area contributed by atoms with Crippen molar-refractivity contribution in [3.8, 4) is 0 Å². The summed E-state index contributed by atoms with van der Waals surface area (Å²) in [6.07, 6.45) is 1.16. The predicted molar refractivity (Wildman–Crippen MR) is 84.7 cm³/mol. The minimum Gasteiger partial charge on any atom is -0.346 e. The van der Waals surface area contributed by atoms with Gasteiger partial charge in [-0.3, -0.25) is 4.99 Å². The van der Waals surface area contributed by atoms with Gasteiger partial charge in [0, 0.05) is 31.9 Å². The van der Waals surface area contributed by atoms with Crippen LogP contribution in [0.5, 0.6) is 0 Å². The van der Waals surface area contributed by atoms with E-state index in [0.717, 1.165) is 49.1 Å². The van der Waals surface area contributed by atoms with Crippen molar-refractivity contribution in [3.05, 3.63) is 35.6 Å². The van der Waals surface area contributed by atoms with E-state index in [1.165, 1.54) is 12.1 Å². The van der Waals surface area contributed by atoms with Gasteiger partial charge in [0.2, 0.25) is 0 Å². The van der Waals surface area contributed by atoms with Crippen LogP contribution in [0, 0.1) is 5.82 Å². The molecule has 1 aliphatic rings. The van der Waals surface area contributed by atoms with Gasteiger partial charge in [-0.1, -0.05) is 23.9 Å². The van der Waals surface area contributed by atoms with Gasteiger partial charge < -0.3 is 9.80 Å². The molecule has 0 unspecified atom stereocenters. The number of rotatable bonds is 5. The Labute approximate surface area is 124 Å². The standard InChI is InChI=1S/C15H22FN3S/c1-18(2)9-10-19(15-17-8-3-11-20-15)12-13-4-6-14(16)7-5-13/h4-7H,3,8-12H2,1-2H3. The highest BCUT2D eigenvalue weighted by Crippen LogP contribution is 2.18. The van der Waals surface area contributed by atoms with Crippen LogP contribution in [-0.2, 0) is 6.54 Å². The molecule has 1 heterocycles. The second-order valence-electron chi connectivity index (χ2n) is 5.22. The Morgan fingerprint density at radius 1 is 1.20 bits per heavy atom. The first-order valence-corrected chi connectivity index (χ1v) is 7.95. The molecule has 0 saturated heterocycles. The van der Waals surface area contributed by atoms with Crippen molar-refractivity contribution in [1.29, 1.82) is 0 Å². The quantitative estimate of drug-likeness (QED) is 0.832. The summed E-state index contributed by atoms with van der Waals surface area (Å²) in [5, 5.41) is 1.13. The highest BCUT2D eigenvalue weighted by atomic mass is 32.2. The van der Waals surface area contributed by atoms with Gasteiger partial charge in [0.1, 0.15) is 5.82 Å². The van der Waals surface area contributed by atoms with E-state index < -0.39 is 0 Å². The lowest BCUT2D eigenvalue weighted by molar-refractivity contribution is 0.328. The zero-order chi connectivity index (χ0) is 14.4. The maximum Gasteiger partial charge on any atom is 0.159 e. The van der Waals surface area contributed by atoms with Crippen molar-refractivity contribution in [3.63, 3.8) is 0 Å². The van der Waals surface area contributed by atoms with Gasteiger partial charge in [0.25, 0.3) is 0 Å². The molecule has 20 heavy (non-hydrogen) atoms. The van der Waals surface area contributed by atoms with Crippen molar-refractivity contribution in [2.75, 3.05) is 39.5 Å². The maximum atomic E-state index is 13.0. The minimum absolute atomic E-state index is 0.182. The van der Waals surface area contributed by atoms with E-state index >= 15 is 0 Å². The average Bonchev–Trinajstić information content (AvgIpc) is 2.46. The number of likely N-dealkylation sites (N-methyl/N-ethyl adjacent to an activating group) is 1. The molecule has 0 amide bonds. The van der Waals surface area contributed by atoms with E-state index in [1.54, 1.807) is 0 Å². The number of halogens is 1. The molecule has 2 rings (SSSR count). The van der Waals surface area contributed by atoms with Gasteiger partial charge in [0.05, 0.1) is 0 Å². The van der Waals surface area contributed by atoms with E-state index in [-0.39, 0.29) is 5.82 Å². The molecular weight excluding hydrogens is 273 g/mol. The fourth-order valence-electron chi connectivity index (χ4n) is 2.01. The molecule has 0 saturated carbocycles. The monoisotopic (exact) mass is 295 g/mol. The summed E-state index contributed by atoms with van der Waals surface area (Å²) >= 11 is 1.83. The van der Waals surface area contributed by atoms with Crippen LogP contribution in [0.4, 0.5) is 4.39 Å². The molecule has 0 spiro atoms. The van der Waals surface area contributed by atoms with Crippen LogP contribution in [0.25, 0.3) is 0 Å². The fourth-order valence-corrected chi connectivity index (χ4v) is 2.99. The van der Waals surface area contributed by atoms with Gasteiger partial charge in [-0.2, -0.15) is 0 Å². The number of hydrogen-bond donors (Lipinski definition) is 0. The Kier molecular flexibility index (Phi) is 5.86. The Hall–Kier alpha value is -1.07. The third-order valence-corrected chi connectivity index (χ3v) is 4.29. The molecule has 1 aromatic rings. The lowest BCUT2D eigenvalue weighted by Gasteiger charge is -2.28. The molecule has 0 bridgehead atoms. The predicted octanol–water partition coefficient (Wildman–Crippen LogP) is 2.68. The van der Waals surface area contributed by atoms with Crippen LogP contribution in [0.2, 0.25) is 0 Å². The fraction of sp³-hybridized carbons (Fsp3) is 0.533. The summed E-state index contributed by atoms with van der Waals surface area (Å²) in [7, 11) is 4.15. The molecule has 110 valence electrons. The summed E-state index contributed by atoms with van der Waals surface area (Å²) in [4.78, 5) is 9.11. The van der Waals surface area contributed by atoms with Gasteiger partial charge >= 0.3 is 0 Å². The number of aliphatic imine (C=N–C) groups is 1.